The van der Waals surface area contributed by atoms with E-state index in [0.717, 1.165) is 11.5 Å². The van der Waals surface area contributed by atoms with E-state index in [4.69, 9.17) is 5.73 Å². The van der Waals surface area contributed by atoms with Crippen LogP contribution in [0.5, 0.6) is 0 Å². The summed E-state index contributed by atoms with van der Waals surface area (Å²) in [5.74, 6) is 1.87. The highest BCUT2D eigenvalue weighted by Crippen LogP contribution is 1.94. The maximum atomic E-state index is 10.8. The fraction of sp³-hybridized carbons (Fsp3) is 0.625. The van der Waals surface area contributed by atoms with Gasteiger partial charge in [0.1, 0.15) is 0 Å². The number of thioether (sulfide) groups is 1. The highest BCUT2D eigenvalue weighted by Gasteiger charge is 1.92. The van der Waals surface area contributed by atoms with Crippen LogP contribution in [0.3, 0.4) is 0 Å². The lowest BCUT2D eigenvalue weighted by molar-refractivity contribution is -0.116. The molecular formula is C8H16N2OS. The summed E-state index contributed by atoms with van der Waals surface area (Å²) in [6, 6.07) is 0. The summed E-state index contributed by atoms with van der Waals surface area (Å²) in [7, 11) is 0. The van der Waals surface area contributed by atoms with Gasteiger partial charge >= 0.3 is 0 Å². The summed E-state index contributed by atoms with van der Waals surface area (Å²) < 4.78 is 0. The summed E-state index contributed by atoms with van der Waals surface area (Å²) in [5.41, 5.74) is 5.30. The number of rotatable bonds is 6. The van der Waals surface area contributed by atoms with Crippen LogP contribution in [0, 0.1) is 0 Å². The van der Waals surface area contributed by atoms with Gasteiger partial charge in [-0.05, 0) is 13.0 Å². The van der Waals surface area contributed by atoms with Crippen molar-refractivity contribution in [2.75, 3.05) is 24.6 Å². The first kappa shape index (κ1) is 11.5. The van der Waals surface area contributed by atoms with Crippen LogP contribution in [0.25, 0.3) is 0 Å². The lowest BCUT2D eigenvalue weighted by Crippen LogP contribution is -2.23. The van der Waals surface area contributed by atoms with E-state index in [0.29, 0.717) is 13.1 Å². The van der Waals surface area contributed by atoms with E-state index in [1.54, 1.807) is 17.8 Å². The zero-order valence-electron chi connectivity index (χ0n) is 7.38. The molecule has 0 aliphatic heterocycles. The Labute approximate surface area is 77.8 Å². The SMILES string of the molecule is C/C=C/C(=O)NCCSCCN. The van der Waals surface area contributed by atoms with Crippen LogP contribution in [0.2, 0.25) is 0 Å². The Balaban J connectivity index is 3.14. The van der Waals surface area contributed by atoms with E-state index in [9.17, 15) is 4.79 Å². The molecular weight excluding hydrogens is 172 g/mol. The van der Waals surface area contributed by atoms with Crippen molar-refractivity contribution >= 4 is 17.7 Å². The van der Waals surface area contributed by atoms with Crippen molar-refractivity contribution in [3.05, 3.63) is 12.2 Å². The molecule has 0 bridgehead atoms. The van der Waals surface area contributed by atoms with Gasteiger partial charge in [0.15, 0.2) is 0 Å². The summed E-state index contributed by atoms with van der Waals surface area (Å²) in [6.07, 6.45) is 3.25. The molecule has 0 rings (SSSR count). The largest absolute Gasteiger partial charge is 0.352 e. The van der Waals surface area contributed by atoms with E-state index in [1.165, 1.54) is 6.08 Å². The molecule has 0 aromatic rings. The maximum Gasteiger partial charge on any atom is 0.243 e. The van der Waals surface area contributed by atoms with Crippen molar-refractivity contribution in [1.29, 1.82) is 0 Å². The molecule has 3 N–H and O–H groups in total. The van der Waals surface area contributed by atoms with Gasteiger partial charge in [-0.3, -0.25) is 4.79 Å². The van der Waals surface area contributed by atoms with Crippen LogP contribution in [-0.4, -0.2) is 30.5 Å². The second kappa shape index (κ2) is 8.62. The number of hydrogen-bond donors (Lipinski definition) is 2. The molecule has 0 aromatic heterocycles. The highest BCUT2D eigenvalue weighted by atomic mass is 32.2. The zero-order chi connectivity index (χ0) is 9.23. The van der Waals surface area contributed by atoms with E-state index in [1.807, 2.05) is 6.92 Å². The molecule has 0 unspecified atom stereocenters. The molecule has 0 aliphatic carbocycles. The average Bonchev–Trinajstić information content (AvgIpc) is 2.05. The minimum atomic E-state index is -0.0224. The van der Waals surface area contributed by atoms with Gasteiger partial charge < -0.3 is 11.1 Å². The molecule has 4 heteroatoms. The number of carbonyl (C=O) groups excluding carboxylic acids is 1. The summed E-state index contributed by atoms with van der Waals surface area (Å²) in [6.45, 7) is 3.24. The van der Waals surface area contributed by atoms with Crippen LogP contribution in [-0.2, 0) is 4.79 Å². The van der Waals surface area contributed by atoms with Gasteiger partial charge in [-0.1, -0.05) is 6.08 Å². The van der Waals surface area contributed by atoms with Crippen molar-refractivity contribution in [2.24, 2.45) is 5.73 Å². The summed E-state index contributed by atoms with van der Waals surface area (Å²) in [5, 5.41) is 2.76. The summed E-state index contributed by atoms with van der Waals surface area (Å²) >= 11 is 1.75. The molecule has 0 radical (unpaired) electrons. The van der Waals surface area contributed by atoms with Crippen molar-refractivity contribution in [3.63, 3.8) is 0 Å². The average molecular weight is 188 g/mol. The number of carbonyl (C=O) groups is 1. The van der Waals surface area contributed by atoms with Crippen LogP contribution < -0.4 is 11.1 Å². The number of nitrogens with one attached hydrogen (secondary N) is 1. The Morgan fingerprint density at radius 1 is 1.58 bits per heavy atom. The van der Waals surface area contributed by atoms with Crippen molar-refractivity contribution in [1.82, 2.24) is 5.32 Å². The first-order chi connectivity index (χ1) is 5.81. The molecule has 0 atom stereocenters. The third-order valence-corrected chi connectivity index (χ3v) is 2.14. The second-order valence-electron chi connectivity index (χ2n) is 2.19. The van der Waals surface area contributed by atoms with Gasteiger partial charge in [-0.25, -0.2) is 0 Å². The van der Waals surface area contributed by atoms with E-state index >= 15 is 0 Å². The molecule has 3 nitrogen and oxygen atoms in total. The molecule has 0 saturated heterocycles. The quantitative estimate of drug-likeness (QED) is 0.468. The molecule has 0 aromatic carbocycles. The number of hydrogen-bond acceptors (Lipinski definition) is 3. The minimum Gasteiger partial charge on any atom is -0.352 e. The number of nitrogens with two attached hydrogens (primary N) is 1. The monoisotopic (exact) mass is 188 g/mol. The van der Waals surface area contributed by atoms with E-state index in [2.05, 4.69) is 5.32 Å². The summed E-state index contributed by atoms with van der Waals surface area (Å²) in [4.78, 5) is 10.8. The molecule has 0 aliphatic rings. The first-order valence-corrected chi connectivity index (χ1v) is 5.15. The standard InChI is InChI=1S/C8H16N2OS/c1-2-3-8(11)10-5-7-12-6-4-9/h2-3H,4-7,9H2,1H3,(H,10,11)/b3-2+. The third-order valence-electron chi connectivity index (χ3n) is 1.13. The predicted molar refractivity (Wildman–Crippen MR) is 54.2 cm³/mol. The van der Waals surface area contributed by atoms with Gasteiger partial charge in [0.2, 0.25) is 5.91 Å². The van der Waals surface area contributed by atoms with E-state index in [-0.39, 0.29) is 5.91 Å². The molecule has 0 fully saturated rings. The van der Waals surface area contributed by atoms with Gasteiger partial charge in [-0.15, -0.1) is 0 Å². The van der Waals surface area contributed by atoms with Gasteiger partial charge in [0, 0.05) is 24.6 Å². The highest BCUT2D eigenvalue weighted by molar-refractivity contribution is 7.99. The van der Waals surface area contributed by atoms with Gasteiger partial charge in [-0.2, -0.15) is 11.8 Å². The lowest BCUT2D eigenvalue weighted by atomic mass is 10.5. The fourth-order valence-electron chi connectivity index (χ4n) is 0.642. The predicted octanol–water partition coefficient (Wildman–Crippen LogP) is 0.371. The fourth-order valence-corrected chi connectivity index (χ4v) is 1.26. The first-order valence-electron chi connectivity index (χ1n) is 3.99. The molecule has 1 amide bonds. The molecule has 12 heavy (non-hydrogen) atoms. The Hall–Kier alpha value is -0.480. The Morgan fingerprint density at radius 3 is 2.92 bits per heavy atom. The molecule has 70 valence electrons. The van der Waals surface area contributed by atoms with Crippen LogP contribution in [0.4, 0.5) is 0 Å². The zero-order valence-corrected chi connectivity index (χ0v) is 8.19. The smallest absolute Gasteiger partial charge is 0.243 e. The lowest BCUT2D eigenvalue weighted by Gasteiger charge is -2.00. The number of allylic oxidation sites excluding steroid dienone is 1. The second-order valence-corrected chi connectivity index (χ2v) is 3.42. The van der Waals surface area contributed by atoms with Crippen LogP contribution in [0.15, 0.2) is 12.2 Å². The molecule has 0 spiro atoms. The molecule has 0 heterocycles. The number of amides is 1. The minimum absolute atomic E-state index is 0.0224. The van der Waals surface area contributed by atoms with Crippen LogP contribution in [0.1, 0.15) is 6.92 Å². The normalized spacial score (nSPS) is 10.5. The van der Waals surface area contributed by atoms with Crippen molar-refractivity contribution in [2.45, 2.75) is 6.92 Å². The Kier molecular flexibility index (Phi) is 8.27. The van der Waals surface area contributed by atoms with Crippen molar-refractivity contribution in [3.8, 4) is 0 Å². The Morgan fingerprint density at radius 2 is 2.33 bits per heavy atom. The topological polar surface area (TPSA) is 55.1 Å². The van der Waals surface area contributed by atoms with Crippen molar-refractivity contribution < 1.29 is 4.79 Å². The maximum absolute atomic E-state index is 10.8. The van der Waals surface area contributed by atoms with Gasteiger partial charge in [0.25, 0.3) is 0 Å². The third kappa shape index (κ3) is 7.63. The van der Waals surface area contributed by atoms with Crippen LogP contribution >= 0.6 is 11.8 Å². The van der Waals surface area contributed by atoms with E-state index < -0.39 is 0 Å². The van der Waals surface area contributed by atoms with Gasteiger partial charge in [0.05, 0.1) is 0 Å². The molecule has 0 saturated carbocycles. The Bertz CT molecular complexity index is 148.